The number of hydrogen-bond acceptors (Lipinski definition) is 5. The van der Waals surface area contributed by atoms with Gasteiger partial charge < -0.3 is 24.3 Å². The van der Waals surface area contributed by atoms with Gasteiger partial charge in [0.1, 0.15) is 19.0 Å². The SMILES string of the molecule is COc1ccccc1C(NCc1cc(OC)c2c(c1)OCCO2)c1ccccc1. The summed E-state index contributed by atoms with van der Waals surface area (Å²) in [5.41, 5.74) is 3.31. The molecular weight excluding hydrogens is 366 g/mol. The maximum atomic E-state index is 5.77. The lowest BCUT2D eigenvalue weighted by Gasteiger charge is -2.24. The zero-order chi connectivity index (χ0) is 20.1. The largest absolute Gasteiger partial charge is 0.496 e. The molecule has 0 spiro atoms. The third kappa shape index (κ3) is 4.15. The molecule has 4 rings (SSSR count). The van der Waals surface area contributed by atoms with Gasteiger partial charge in [-0.1, -0.05) is 48.5 Å². The lowest BCUT2D eigenvalue weighted by molar-refractivity contribution is 0.165. The maximum Gasteiger partial charge on any atom is 0.203 e. The van der Waals surface area contributed by atoms with Gasteiger partial charge in [0.2, 0.25) is 5.75 Å². The van der Waals surface area contributed by atoms with Gasteiger partial charge in [-0.25, -0.2) is 0 Å². The minimum Gasteiger partial charge on any atom is -0.496 e. The van der Waals surface area contributed by atoms with Crippen LogP contribution in [0.3, 0.4) is 0 Å². The number of benzene rings is 3. The third-order valence-corrected chi connectivity index (χ3v) is 4.98. The van der Waals surface area contributed by atoms with Gasteiger partial charge in [0.05, 0.1) is 20.3 Å². The summed E-state index contributed by atoms with van der Waals surface area (Å²) in [6, 6.07) is 22.4. The summed E-state index contributed by atoms with van der Waals surface area (Å²) in [5.74, 6) is 2.94. The van der Waals surface area contributed by atoms with Crippen LogP contribution in [0.5, 0.6) is 23.0 Å². The summed E-state index contributed by atoms with van der Waals surface area (Å²) in [7, 11) is 3.35. The van der Waals surface area contributed by atoms with E-state index in [9.17, 15) is 0 Å². The molecule has 5 nitrogen and oxygen atoms in total. The molecule has 1 unspecified atom stereocenters. The monoisotopic (exact) mass is 391 g/mol. The van der Waals surface area contributed by atoms with Crippen LogP contribution in [0.2, 0.25) is 0 Å². The fourth-order valence-electron chi connectivity index (χ4n) is 3.61. The minimum absolute atomic E-state index is 0.0217. The van der Waals surface area contributed by atoms with Gasteiger partial charge in [0.15, 0.2) is 11.5 Å². The highest BCUT2D eigenvalue weighted by molar-refractivity contribution is 5.54. The Balaban J connectivity index is 1.64. The highest BCUT2D eigenvalue weighted by Gasteiger charge is 2.21. The van der Waals surface area contributed by atoms with Crippen LogP contribution in [-0.4, -0.2) is 27.4 Å². The first-order valence-corrected chi connectivity index (χ1v) is 9.68. The first-order chi connectivity index (χ1) is 14.3. The molecule has 1 N–H and O–H groups in total. The number of fused-ring (bicyclic) bond motifs is 1. The summed E-state index contributed by atoms with van der Waals surface area (Å²) >= 11 is 0. The predicted octanol–water partition coefficient (Wildman–Crippen LogP) is 4.35. The Bertz CT molecular complexity index is 941. The second-order valence-electron chi connectivity index (χ2n) is 6.79. The van der Waals surface area contributed by atoms with E-state index in [-0.39, 0.29) is 6.04 Å². The Morgan fingerprint density at radius 1 is 0.862 bits per heavy atom. The molecular formula is C24H25NO4. The lowest BCUT2D eigenvalue weighted by atomic mass is 9.97. The van der Waals surface area contributed by atoms with Crippen molar-refractivity contribution in [2.24, 2.45) is 0 Å². The Morgan fingerprint density at radius 2 is 1.59 bits per heavy atom. The van der Waals surface area contributed by atoms with E-state index in [1.54, 1.807) is 14.2 Å². The predicted molar refractivity (Wildman–Crippen MR) is 112 cm³/mol. The van der Waals surface area contributed by atoms with Crippen molar-refractivity contribution >= 4 is 0 Å². The molecule has 3 aromatic carbocycles. The van der Waals surface area contributed by atoms with E-state index < -0.39 is 0 Å². The molecule has 150 valence electrons. The van der Waals surface area contributed by atoms with Crippen LogP contribution in [0, 0.1) is 0 Å². The van der Waals surface area contributed by atoms with Crippen molar-refractivity contribution < 1.29 is 18.9 Å². The van der Waals surface area contributed by atoms with Crippen LogP contribution in [0.4, 0.5) is 0 Å². The van der Waals surface area contributed by atoms with Gasteiger partial charge in [-0.05, 0) is 29.3 Å². The van der Waals surface area contributed by atoms with Gasteiger partial charge in [0.25, 0.3) is 0 Å². The number of rotatable bonds is 7. The summed E-state index contributed by atoms with van der Waals surface area (Å²) in [5, 5.41) is 3.67. The van der Waals surface area contributed by atoms with Crippen molar-refractivity contribution in [3.63, 3.8) is 0 Å². The van der Waals surface area contributed by atoms with Crippen molar-refractivity contribution in [2.75, 3.05) is 27.4 Å². The normalized spacial score (nSPS) is 13.6. The second-order valence-corrected chi connectivity index (χ2v) is 6.79. The topological polar surface area (TPSA) is 49.0 Å². The van der Waals surface area contributed by atoms with E-state index in [0.29, 0.717) is 31.3 Å². The van der Waals surface area contributed by atoms with Crippen LogP contribution in [-0.2, 0) is 6.54 Å². The van der Waals surface area contributed by atoms with Crippen molar-refractivity contribution in [3.8, 4) is 23.0 Å². The van der Waals surface area contributed by atoms with Crippen LogP contribution in [0.25, 0.3) is 0 Å². The van der Waals surface area contributed by atoms with Gasteiger partial charge in [0, 0.05) is 12.1 Å². The molecule has 1 heterocycles. The number of hydrogen-bond donors (Lipinski definition) is 1. The van der Waals surface area contributed by atoms with Gasteiger partial charge in [-0.2, -0.15) is 0 Å². The Kier molecular flexibility index (Phi) is 5.86. The van der Waals surface area contributed by atoms with Crippen LogP contribution >= 0.6 is 0 Å². The molecule has 0 amide bonds. The highest BCUT2D eigenvalue weighted by Crippen LogP contribution is 2.40. The molecule has 0 saturated carbocycles. The van der Waals surface area contributed by atoms with E-state index in [0.717, 1.165) is 22.6 Å². The minimum atomic E-state index is -0.0217. The fourth-order valence-corrected chi connectivity index (χ4v) is 3.61. The molecule has 0 bridgehead atoms. The van der Waals surface area contributed by atoms with E-state index in [1.165, 1.54) is 5.56 Å². The van der Waals surface area contributed by atoms with Crippen molar-refractivity contribution in [1.82, 2.24) is 5.32 Å². The molecule has 1 aliphatic heterocycles. The summed E-state index contributed by atoms with van der Waals surface area (Å²) in [4.78, 5) is 0. The van der Waals surface area contributed by atoms with E-state index in [2.05, 4.69) is 23.5 Å². The zero-order valence-electron chi connectivity index (χ0n) is 16.7. The van der Waals surface area contributed by atoms with Crippen LogP contribution < -0.4 is 24.3 Å². The second kappa shape index (κ2) is 8.88. The molecule has 0 aromatic heterocycles. The van der Waals surface area contributed by atoms with Gasteiger partial charge in [-0.3, -0.25) is 0 Å². The smallest absolute Gasteiger partial charge is 0.203 e. The van der Waals surface area contributed by atoms with Crippen molar-refractivity contribution in [3.05, 3.63) is 83.4 Å². The standard InChI is InChI=1S/C24H25NO4/c1-26-20-11-7-6-10-19(20)23(18-8-4-3-5-9-18)25-16-17-14-21(27-2)24-22(15-17)28-12-13-29-24/h3-11,14-15,23,25H,12-13,16H2,1-2H3. The lowest BCUT2D eigenvalue weighted by Crippen LogP contribution is -2.23. The number of para-hydroxylation sites is 1. The Hall–Kier alpha value is -3.18. The van der Waals surface area contributed by atoms with Crippen molar-refractivity contribution in [1.29, 1.82) is 0 Å². The third-order valence-electron chi connectivity index (χ3n) is 4.98. The zero-order valence-corrected chi connectivity index (χ0v) is 16.7. The van der Waals surface area contributed by atoms with E-state index in [1.807, 2.05) is 48.5 Å². The summed E-state index contributed by atoms with van der Waals surface area (Å²) in [6.45, 7) is 1.70. The Labute approximate surface area is 171 Å². The summed E-state index contributed by atoms with van der Waals surface area (Å²) < 4.78 is 22.6. The number of ether oxygens (including phenoxy) is 4. The van der Waals surface area contributed by atoms with E-state index >= 15 is 0 Å². The highest BCUT2D eigenvalue weighted by atomic mass is 16.6. The van der Waals surface area contributed by atoms with Crippen LogP contribution in [0.15, 0.2) is 66.7 Å². The quantitative estimate of drug-likeness (QED) is 0.649. The first-order valence-electron chi connectivity index (χ1n) is 9.68. The molecule has 1 aliphatic rings. The first kappa shape index (κ1) is 19.2. The molecule has 5 heteroatoms. The molecule has 29 heavy (non-hydrogen) atoms. The summed E-state index contributed by atoms with van der Waals surface area (Å²) in [6.07, 6.45) is 0. The molecule has 0 radical (unpaired) electrons. The molecule has 0 fully saturated rings. The fraction of sp³-hybridized carbons (Fsp3) is 0.250. The van der Waals surface area contributed by atoms with Crippen molar-refractivity contribution in [2.45, 2.75) is 12.6 Å². The molecule has 0 aliphatic carbocycles. The Morgan fingerprint density at radius 3 is 2.38 bits per heavy atom. The molecule has 1 atom stereocenters. The van der Waals surface area contributed by atoms with E-state index in [4.69, 9.17) is 18.9 Å². The number of nitrogens with one attached hydrogen (secondary N) is 1. The van der Waals surface area contributed by atoms with Gasteiger partial charge >= 0.3 is 0 Å². The maximum absolute atomic E-state index is 5.77. The van der Waals surface area contributed by atoms with Crippen LogP contribution in [0.1, 0.15) is 22.7 Å². The molecule has 0 saturated heterocycles. The average molecular weight is 391 g/mol. The number of methoxy groups -OCH3 is 2. The molecule has 3 aromatic rings. The average Bonchev–Trinajstić information content (AvgIpc) is 2.79. The van der Waals surface area contributed by atoms with Gasteiger partial charge in [-0.15, -0.1) is 0 Å².